The maximum Gasteiger partial charge on any atom is 0.227 e. The summed E-state index contributed by atoms with van der Waals surface area (Å²) in [5.41, 5.74) is 4.69. The molecule has 0 unspecified atom stereocenters. The van der Waals surface area contributed by atoms with Crippen LogP contribution in [0.3, 0.4) is 0 Å². The van der Waals surface area contributed by atoms with Crippen LogP contribution in [0.4, 0.5) is 17.3 Å². The third-order valence-corrected chi connectivity index (χ3v) is 5.49. The van der Waals surface area contributed by atoms with E-state index < -0.39 is 0 Å². The van der Waals surface area contributed by atoms with Gasteiger partial charge >= 0.3 is 0 Å². The van der Waals surface area contributed by atoms with Gasteiger partial charge in [-0.1, -0.05) is 0 Å². The Kier molecular flexibility index (Phi) is 5.04. The smallest absolute Gasteiger partial charge is 0.227 e. The monoisotopic (exact) mass is 352 g/mol. The number of rotatable bonds is 4. The molecule has 0 amide bonds. The molecular formula is C20H28N6. The van der Waals surface area contributed by atoms with Crippen molar-refractivity contribution >= 4 is 17.3 Å². The maximum absolute atomic E-state index is 4.67. The molecule has 138 valence electrons. The number of aromatic nitrogens is 2. The van der Waals surface area contributed by atoms with E-state index in [1.807, 2.05) is 6.20 Å². The highest BCUT2D eigenvalue weighted by atomic mass is 15.2. The zero-order valence-corrected chi connectivity index (χ0v) is 15.7. The fraction of sp³-hybridized carbons (Fsp3) is 0.500. The van der Waals surface area contributed by atoms with Crippen molar-refractivity contribution in [3.05, 3.63) is 41.7 Å². The summed E-state index contributed by atoms with van der Waals surface area (Å²) in [6.45, 7) is 4.10. The van der Waals surface area contributed by atoms with Gasteiger partial charge in [0.15, 0.2) is 0 Å². The molecule has 6 nitrogen and oxygen atoms in total. The lowest BCUT2D eigenvalue weighted by molar-refractivity contribution is 0.249. The van der Waals surface area contributed by atoms with Gasteiger partial charge in [0.1, 0.15) is 0 Å². The largest absolute Gasteiger partial charge is 0.371 e. The van der Waals surface area contributed by atoms with E-state index in [4.69, 9.17) is 0 Å². The molecule has 0 aliphatic carbocycles. The van der Waals surface area contributed by atoms with E-state index in [9.17, 15) is 0 Å². The number of hydrogen-bond acceptors (Lipinski definition) is 6. The topological polar surface area (TPSA) is 56.3 Å². The number of piperidine rings is 1. The first kappa shape index (κ1) is 17.2. The third-order valence-electron chi connectivity index (χ3n) is 5.49. The van der Waals surface area contributed by atoms with Crippen molar-refractivity contribution in [2.75, 3.05) is 43.9 Å². The standard InChI is InChI=1S/C20H28N6/c1-25(2)17-8-11-26(12-9-17)18-5-3-16(4-6-18)23-20-22-14-15-13-21-10-7-19(15)24-20/h3-6,14,17,21H,7-13H2,1-2H3,(H,22,23,24). The van der Waals surface area contributed by atoms with Crippen LogP contribution < -0.4 is 15.5 Å². The van der Waals surface area contributed by atoms with Crippen LogP contribution >= 0.6 is 0 Å². The van der Waals surface area contributed by atoms with Gasteiger partial charge in [-0.25, -0.2) is 9.97 Å². The van der Waals surface area contributed by atoms with Crippen LogP contribution in [-0.2, 0) is 13.0 Å². The Labute approximate surface area is 155 Å². The Morgan fingerprint density at radius 3 is 2.65 bits per heavy atom. The van der Waals surface area contributed by atoms with E-state index in [-0.39, 0.29) is 0 Å². The summed E-state index contributed by atoms with van der Waals surface area (Å²) < 4.78 is 0. The molecule has 1 aromatic heterocycles. The summed E-state index contributed by atoms with van der Waals surface area (Å²) in [5, 5.41) is 6.69. The minimum absolute atomic E-state index is 0.685. The van der Waals surface area contributed by atoms with Crippen LogP contribution in [0.2, 0.25) is 0 Å². The zero-order chi connectivity index (χ0) is 17.9. The van der Waals surface area contributed by atoms with Crippen LogP contribution in [0.1, 0.15) is 24.1 Å². The van der Waals surface area contributed by atoms with E-state index in [1.165, 1.54) is 24.1 Å². The van der Waals surface area contributed by atoms with Crippen molar-refractivity contribution in [1.82, 2.24) is 20.2 Å². The Morgan fingerprint density at radius 2 is 1.92 bits per heavy atom. The van der Waals surface area contributed by atoms with Gasteiger partial charge in [0.05, 0.1) is 5.69 Å². The fourth-order valence-electron chi connectivity index (χ4n) is 3.82. The van der Waals surface area contributed by atoms with Crippen molar-refractivity contribution in [2.24, 2.45) is 0 Å². The third kappa shape index (κ3) is 3.81. The summed E-state index contributed by atoms with van der Waals surface area (Å²) in [6, 6.07) is 9.35. The molecule has 1 fully saturated rings. The molecule has 2 N–H and O–H groups in total. The number of nitrogens with one attached hydrogen (secondary N) is 2. The molecule has 0 bridgehead atoms. The molecule has 1 saturated heterocycles. The van der Waals surface area contributed by atoms with Gasteiger partial charge in [-0.05, 0) is 51.2 Å². The molecule has 0 radical (unpaired) electrons. The highest BCUT2D eigenvalue weighted by Crippen LogP contribution is 2.24. The van der Waals surface area contributed by atoms with E-state index in [2.05, 4.69) is 68.8 Å². The summed E-state index contributed by atoms with van der Waals surface area (Å²) in [7, 11) is 4.36. The first-order valence-electron chi connectivity index (χ1n) is 9.53. The number of hydrogen-bond donors (Lipinski definition) is 2. The average Bonchev–Trinajstić information content (AvgIpc) is 2.68. The van der Waals surface area contributed by atoms with E-state index in [0.717, 1.165) is 44.0 Å². The quantitative estimate of drug-likeness (QED) is 0.881. The van der Waals surface area contributed by atoms with Gasteiger partial charge in [-0.3, -0.25) is 0 Å². The summed E-state index contributed by atoms with van der Waals surface area (Å²) >= 11 is 0. The Bertz CT molecular complexity index is 734. The van der Waals surface area contributed by atoms with Crippen molar-refractivity contribution in [2.45, 2.75) is 31.8 Å². The van der Waals surface area contributed by atoms with Gasteiger partial charge in [-0.15, -0.1) is 0 Å². The highest BCUT2D eigenvalue weighted by Gasteiger charge is 2.20. The van der Waals surface area contributed by atoms with Crippen LogP contribution in [0.5, 0.6) is 0 Å². The minimum Gasteiger partial charge on any atom is -0.371 e. The van der Waals surface area contributed by atoms with Crippen LogP contribution in [0, 0.1) is 0 Å². The lowest BCUT2D eigenvalue weighted by Crippen LogP contribution is -2.41. The molecule has 2 aliphatic rings. The average molecular weight is 352 g/mol. The molecule has 3 heterocycles. The normalized spacial score (nSPS) is 18.0. The molecule has 26 heavy (non-hydrogen) atoms. The fourth-order valence-corrected chi connectivity index (χ4v) is 3.82. The molecule has 0 saturated carbocycles. The molecule has 2 aliphatic heterocycles. The number of nitrogens with zero attached hydrogens (tertiary/aromatic N) is 4. The molecule has 2 aromatic rings. The Balaban J connectivity index is 1.39. The van der Waals surface area contributed by atoms with Crippen LogP contribution in [0.25, 0.3) is 0 Å². The number of benzene rings is 1. The zero-order valence-electron chi connectivity index (χ0n) is 15.7. The Morgan fingerprint density at radius 1 is 1.15 bits per heavy atom. The highest BCUT2D eigenvalue weighted by molar-refractivity contribution is 5.59. The second kappa shape index (κ2) is 7.60. The Hall–Kier alpha value is -2.18. The van der Waals surface area contributed by atoms with E-state index in [1.54, 1.807) is 0 Å². The summed E-state index contributed by atoms with van der Waals surface area (Å²) in [5.74, 6) is 0.685. The van der Waals surface area contributed by atoms with Crippen molar-refractivity contribution in [3.8, 4) is 0 Å². The predicted molar refractivity (Wildman–Crippen MR) is 106 cm³/mol. The minimum atomic E-state index is 0.685. The summed E-state index contributed by atoms with van der Waals surface area (Å²) in [6.07, 6.45) is 5.35. The summed E-state index contributed by atoms with van der Waals surface area (Å²) in [4.78, 5) is 13.9. The second-order valence-corrected chi connectivity index (χ2v) is 7.45. The predicted octanol–water partition coefficient (Wildman–Crippen LogP) is 2.40. The van der Waals surface area contributed by atoms with E-state index in [0.29, 0.717) is 12.0 Å². The van der Waals surface area contributed by atoms with E-state index >= 15 is 0 Å². The molecule has 4 rings (SSSR count). The van der Waals surface area contributed by atoms with Crippen LogP contribution in [0.15, 0.2) is 30.5 Å². The molecule has 1 aromatic carbocycles. The lowest BCUT2D eigenvalue weighted by atomic mass is 10.0. The van der Waals surface area contributed by atoms with Crippen molar-refractivity contribution in [3.63, 3.8) is 0 Å². The van der Waals surface area contributed by atoms with Gasteiger partial charge in [0.2, 0.25) is 5.95 Å². The molecule has 6 heteroatoms. The van der Waals surface area contributed by atoms with Gasteiger partial charge in [0.25, 0.3) is 0 Å². The molecule has 0 spiro atoms. The van der Waals surface area contributed by atoms with Gasteiger partial charge in [-0.2, -0.15) is 0 Å². The molecular weight excluding hydrogens is 324 g/mol. The van der Waals surface area contributed by atoms with Crippen molar-refractivity contribution in [1.29, 1.82) is 0 Å². The SMILES string of the molecule is CN(C)C1CCN(c2ccc(Nc3ncc4c(n3)CCNC4)cc2)CC1. The first-order chi connectivity index (χ1) is 12.7. The maximum atomic E-state index is 4.67. The van der Waals surface area contributed by atoms with Gasteiger partial charge in [0, 0.05) is 61.8 Å². The first-order valence-corrected chi connectivity index (χ1v) is 9.53. The molecule has 0 atom stereocenters. The van der Waals surface area contributed by atoms with Crippen molar-refractivity contribution < 1.29 is 0 Å². The number of anilines is 3. The number of fused-ring (bicyclic) bond motifs is 1. The van der Waals surface area contributed by atoms with Crippen LogP contribution in [-0.4, -0.2) is 54.6 Å². The lowest BCUT2D eigenvalue weighted by Gasteiger charge is -2.36. The van der Waals surface area contributed by atoms with Gasteiger partial charge < -0.3 is 20.4 Å². The second-order valence-electron chi connectivity index (χ2n) is 7.45.